The highest BCUT2D eigenvalue weighted by Gasteiger charge is 2.32. The van der Waals surface area contributed by atoms with Gasteiger partial charge in [-0.15, -0.1) is 12.4 Å². The zero-order valence-corrected chi connectivity index (χ0v) is 22.7. The summed E-state index contributed by atoms with van der Waals surface area (Å²) in [4.78, 5) is 23.4. The van der Waals surface area contributed by atoms with E-state index in [0.717, 1.165) is 28.2 Å². The molecule has 194 valence electrons. The van der Waals surface area contributed by atoms with Crippen molar-refractivity contribution in [3.05, 3.63) is 85.6 Å². The number of sulfonamides is 1. The zero-order valence-electron chi connectivity index (χ0n) is 19.6. The normalized spacial score (nSPS) is 11.1. The highest BCUT2D eigenvalue weighted by Crippen LogP contribution is 2.32. The number of ether oxygens (including phenoxy) is 1. The summed E-state index contributed by atoms with van der Waals surface area (Å²) in [6.45, 7) is 4.03. The third kappa shape index (κ3) is 6.19. The number of halogens is 3. The van der Waals surface area contributed by atoms with Crippen molar-refractivity contribution >= 4 is 62.8 Å². The first-order valence-corrected chi connectivity index (χ1v) is 12.6. The summed E-state index contributed by atoms with van der Waals surface area (Å²) in [6, 6.07) is 10.7. The number of Topliss-reactive ketones (excluding diaryl/α,β-unsaturated/α-hetero) is 1. The number of nitro benzene ring substituents is 1. The van der Waals surface area contributed by atoms with Gasteiger partial charge in [0.15, 0.2) is 5.78 Å². The van der Waals surface area contributed by atoms with Gasteiger partial charge in [0, 0.05) is 47.8 Å². The predicted octanol–water partition coefficient (Wildman–Crippen LogP) is 5.47. The van der Waals surface area contributed by atoms with E-state index in [1.807, 2.05) is 11.5 Å². The van der Waals surface area contributed by atoms with Crippen LogP contribution in [0.4, 0.5) is 11.4 Å². The summed E-state index contributed by atoms with van der Waals surface area (Å²) >= 11 is 12.1. The summed E-state index contributed by atoms with van der Waals surface area (Å²) in [5, 5.41) is 11.4. The van der Waals surface area contributed by atoms with Gasteiger partial charge in [-0.25, -0.2) is 8.42 Å². The number of methoxy groups -OCH3 is 1. The fourth-order valence-electron chi connectivity index (χ4n) is 3.67. The lowest BCUT2D eigenvalue weighted by molar-refractivity contribution is -0.385. The second-order valence-electron chi connectivity index (χ2n) is 7.71. The van der Waals surface area contributed by atoms with Crippen LogP contribution in [0.5, 0.6) is 0 Å². The smallest absolute Gasteiger partial charge is 0.270 e. The van der Waals surface area contributed by atoms with Crippen LogP contribution in [0.25, 0.3) is 0 Å². The van der Waals surface area contributed by atoms with Gasteiger partial charge in [-0.3, -0.25) is 19.2 Å². The molecule has 1 aromatic heterocycles. The molecule has 0 fully saturated rings. The van der Waals surface area contributed by atoms with Gasteiger partial charge in [0.25, 0.3) is 15.7 Å². The number of benzene rings is 2. The van der Waals surface area contributed by atoms with E-state index >= 15 is 0 Å². The number of aryl methyl sites for hydroxylation is 1. The van der Waals surface area contributed by atoms with Crippen LogP contribution >= 0.6 is 35.6 Å². The Morgan fingerprint density at radius 2 is 1.75 bits per heavy atom. The molecule has 3 rings (SSSR count). The molecule has 0 atom stereocenters. The molecule has 0 radical (unpaired) electrons. The Morgan fingerprint density at radius 3 is 2.33 bits per heavy atom. The van der Waals surface area contributed by atoms with Crippen LogP contribution in [0.1, 0.15) is 21.7 Å². The number of ketones is 1. The monoisotopic (exact) mass is 575 g/mol. The van der Waals surface area contributed by atoms with E-state index in [9.17, 15) is 23.3 Å². The van der Waals surface area contributed by atoms with E-state index in [1.165, 1.54) is 24.3 Å². The minimum Gasteiger partial charge on any atom is -0.383 e. The molecule has 0 spiro atoms. The maximum Gasteiger partial charge on any atom is 0.270 e. The summed E-state index contributed by atoms with van der Waals surface area (Å²) in [7, 11) is -2.90. The highest BCUT2D eigenvalue weighted by atomic mass is 35.5. The summed E-state index contributed by atoms with van der Waals surface area (Å²) in [6.07, 6.45) is 0. The van der Waals surface area contributed by atoms with Gasteiger partial charge < -0.3 is 9.30 Å². The van der Waals surface area contributed by atoms with Crippen molar-refractivity contribution in [1.29, 1.82) is 0 Å². The molecule has 1 heterocycles. The second kappa shape index (κ2) is 12.1. The van der Waals surface area contributed by atoms with Crippen molar-refractivity contribution in [1.82, 2.24) is 4.57 Å². The molecule has 0 N–H and O–H groups in total. The molecule has 13 heteroatoms. The van der Waals surface area contributed by atoms with Gasteiger partial charge in [0.1, 0.15) is 4.90 Å². The molecule has 0 saturated heterocycles. The quantitative estimate of drug-likeness (QED) is 0.180. The maximum atomic E-state index is 13.7. The topological polar surface area (TPSA) is 112 Å². The lowest BCUT2D eigenvalue weighted by Gasteiger charge is -2.24. The van der Waals surface area contributed by atoms with Crippen molar-refractivity contribution in [2.45, 2.75) is 25.3 Å². The third-order valence-corrected chi connectivity index (χ3v) is 8.00. The summed E-state index contributed by atoms with van der Waals surface area (Å²) in [5.74, 6) is -0.457. The Morgan fingerprint density at radius 1 is 1.11 bits per heavy atom. The van der Waals surface area contributed by atoms with Crippen LogP contribution in [0.2, 0.25) is 10.0 Å². The van der Waals surface area contributed by atoms with Crippen LogP contribution in [-0.2, 0) is 21.3 Å². The number of carbonyl (C=O) groups is 1. The molecular formula is C23H24Cl3N3O6S. The molecule has 0 saturated carbocycles. The molecule has 0 unspecified atom stereocenters. The largest absolute Gasteiger partial charge is 0.383 e. The van der Waals surface area contributed by atoms with Crippen molar-refractivity contribution in [2.75, 3.05) is 24.6 Å². The highest BCUT2D eigenvalue weighted by molar-refractivity contribution is 7.93. The van der Waals surface area contributed by atoms with Crippen LogP contribution in [0.15, 0.2) is 53.4 Å². The van der Waals surface area contributed by atoms with Gasteiger partial charge in [-0.2, -0.15) is 0 Å². The van der Waals surface area contributed by atoms with E-state index in [4.69, 9.17) is 27.9 Å². The van der Waals surface area contributed by atoms with E-state index in [2.05, 4.69) is 0 Å². The van der Waals surface area contributed by atoms with Crippen molar-refractivity contribution in [3.8, 4) is 0 Å². The molecule has 36 heavy (non-hydrogen) atoms. The lowest BCUT2D eigenvalue weighted by atomic mass is 10.1. The first-order valence-electron chi connectivity index (χ1n) is 10.4. The second-order valence-corrected chi connectivity index (χ2v) is 10.4. The van der Waals surface area contributed by atoms with Crippen molar-refractivity contribution in [3.63, 3.8) is 0 Å². The standard InChI is InChI=1S/C23H23Cl2N3O6S.ClH/c1-15-12-20(16(2)26(15)10-11-34-3)22(29)14-27(18-6-4-17(24)5-7-18)35(32,33)23-13-19(28(30)31)8-9-21(23)25;/h4-9,12-13H,10-11,14H2,1-3H3;1H. The fraction of sp³-hybridized carbons (Fsp3) is 0.261. The zero-order chi connectivity index (χ0) is 25.9. The van der Waals surface area contributed by atoms with Crippen LogP contribution in [0.3, 0.4) is 0 Å². The molecule has 2 aromatic carbocycles. The number of nitro groups is 1. The summed E-state index contributed by atoms with van der Waals surface area (Å²) in [5.41, 5.74) is 1.56. The van der Waals surface area contributed by atoms with Gasteiger partial charge in [-0.05, 0) is 50.2 Å². The Kier molecular flexibility index (Phi) is 9.93. The van der Waals surface area contributed by atoms with E-state index in [-0.39, 0.29) is 23.1 Å². The number of non-ortho nitro benzene ring substituents is 1. The van der Waals surface area contributed by atoms with E-state index in [1.54, 1.807) is 20.1 Å². The number of carbonyl (C=O) groups excluding carboxylic acids is 1. The molecular weight excluding hydrogens is 553 g/mol. The van der Waals surface area contributed by atoms with Gasteiger partial charge in [0.2, 0.25) is 0 Å². The maximum absolute atomic E-state index is 13.7. The van der Waals surface area contributed by atoms with Gasteiger partial charge in [-0.1, -0.05) is 23.2 Å². The minimum absolute atomic E-state index is 0. The van der Waals surface area contributed by atoms with Crippen LogP contribution in [0, 0.1) is 24.0 Å². The van der Waals surface area contributed by atoms with Crippen LogP contribution < -0.4 is 4.31 Å². The Labute approximate surface area is 225 Å². The molecule has 0 bridgehead atoms. The molecule has 0 aliphatic rings. The fourth-order valence-corrected chi connectivity index (χ4v) is 5.71. The lowest BCUT2D eigenvalue weighted by Crippen LogP contribution is -2.36. The first-order chi connectivity index (χ1) is 16.5. The average molecular weight is 577 g/mol. The van der Waals surface area contributed by atoms with Gasteiger partial charge >= 0.3 is 0 Å². The molecule has 0 aliphatic carbocycles. The van der Waals surface area contributed by atoms with E-state index in [0.29, 0.717) is 29.4 Å². The van der Waals surface area contributed by atoms with Gasteiger partial charge in [0.05, 0.1) is 28.8 Å². The predicted molar refractivity (Wildman–Crippen MR) is 141 cm³/mol. The number of aromatic nitrogens is 1. The Hall–Kier alpha value is -2.63. The van der Waals surface area contributed by atoms with Crippen molar-refractivity contribution < 1.29 is 22.9 Å². The van der Waals surface area contributed by atoms with E-state index < -0.39 is 37.9 Å². The SMILES string of the molecule is COCCn1c(C)cc(C(=O)CN(c2ccc(Cl)cc2)S(=O)(=O)c2cc([N+](=O)[O-])ccc2Cl)c1C.Cl. The molecule has 3 aromatic rings. The number of anilines is 1. The number of rotatable bonds is 10. The summed E-state index contributed by atoms with van der Waals surface area (Å²) < 4.78 is 35.3. The van der Waals surface area contributed by atoms with Crippen molar-refractivity contribution in [2.24, 2.45) is 0 Å². The number of hydrogen-bond acceptors (Lipinski definition) is 6. The number of hydrogen-bond donors (Lipinski definition) is 0. The molecule has 0 aliphatic heterocycles. The Balaban J connectivity index is 0.00000456. The van der Waals surface area contributed by atoms with Crippen LogP contribution in [-0.4, -0.2) is 44.0 Å². The number of nitrogens with zero attached hydrogens (tertiary/aromatic N) is 3. The minimum atomic E-state index is -4.48. The first kappa shape index (κ1) is 29.6. The molecule has 0 amide bonds. The third-order valence-electron chi connectivity index (χ3n) is 5.49. The average Bonchev–Trinajstić information content (AvgIpc) is 3.09. The molecule has 9 nitrogen and oxygen atoms in total. The Bertz CT molecular complexity index is 1370.